The van der Waals surface area contributed by atoms with Gasteiger partial charge in [-0.05, 0) is 42.0 Å². The van der Waals surface area contributed by atoms with Crippen LogP contribution in [0.3, 0.4) is 0 Å². The van der Waals surface area contributed by atoms with E-state index in [0.717, 1.165) is 49.5 Å². The molecule has 0 amide bonds. The van der Waals surface area contributed by atoms with Crippen LogP contribution in [0.4, 0.5) is 0 Å². The average molecular weight is 512 g/mol. The summed E-state index contributed by atoms with van der Waals surface area (Å²) in [4.78, 5) is 18.7. The Hall–Kier alpha value is -5.48. The predicted octanol–water partition coefficient (Wildman–Crippen LogP) is 8.36. The van der Waals surface area contributed by atoms with Crippen LogP contribution in [0.15, 0.2) is 132 Å². The highest BCUT2D eigenvalue weighted by Gasteiger charge is 2.21. The minimum Gasteiger partial charge on any atom is -0.309 e. The molecule has 186 valence electrons. The van der Waals surface area contributed by atoms with Crippen LogP contribution >= 0.6 is 0 Å². The molecule has 0 saturated heterocycles. The van der Waals surface area contributed by atoms with Crippen molar-refractivity contribution in [1.29, 1.82) is 0 Å². The highest BCUT2D eigenvalue weighted by atomic mass is 16.1. The SMILES string of the molecule is O=c1c2ccccc2c2ncc(-c3ccc(-n4c5ccccc5c5ccccc54)cc3)c3c4ccccc4n1c23. The molecule has 9 rings (SSSR count). The van der Waals surface area contributed by atoms with Crippen molar-refractivity contribution < 1.29 is 0 Å². The summed E-state index contributed by atoms with van der Waals surface area (Å²) in [6, 6.07) is 41.7. The third-order valence-electron chi connectivity index (χ3n) is 8.32. The molecule has 0 aliphatic rings. The number of rotatable bonds is 2. The minimum absolute atomic E-state index is 0.00466. The number of hydrogen-bond acceptors (Lipinski definition) is 2. The molecule has 0 fully saturated rings. The fourth-order valence-corrected chi connectivity index (χ4v) is 6.61. The van der Waals surface area contributed by atoms with Gasteiger partial charge in [0.15, 0.2) is 0 Å². The summed E-state index contributed by atoms with van der Waals surface area (Å²) >= 11 is 0. The summed E-state index contributed by atoms with van der Waals surface area (Å²) in [6.45, 7) is 0. The molecule has 0 bridgehead atoms. The van der Waals surface area contributed by atoms with Gasteiger partial charge >= 0.3 is 0 Å². The molecule has 4 nitrogen and oxygen atoms in total. The van der Waals surface area contributed by atoms with Gasteiger partial charge in [0.2, 0.25) is 0 Å². The third kappa shape index (κ3) is 2.69. The smallest absolute Gasteiger partial charge is 0.263 e. The second kappa shape index (κ2) is 7.78. The maximum absolute atomic E-state index is 13.7. The van der Waals surface area contributed by atoms with Crippen LogP contribution in [0.25, 0.3) is 76.7 Å². The first-order chi connectivity index (χ1) is 19.8. The van der Waals surface area contributed by atoms with E-state index in [1.165, 1.54) is 21.8 Å². The summed E-state index contributed by atoms with van der Waals surface area (Å²) in [5.74, 6) is 0. The van der Waals surface area contributed by atoms with E-state index < -0.39 is 0 Å². The molecule has 0 radical (unpaired) electrons. The van der Waals surface area contributed by atoms with Crippen LogP contribution < -0.4 is 5.56 Å². The van der Waals surface area contributed by atoms with Crippen molar-refractivity contribution in [3.05, 3.63) is 138 Å². The fourth-order valence-electron chi connectivity index (χ4n) is 6.61. The highest BCUT2D eigenvalue weighted by Crippen LogP contribution is 2.39. The maximum Gasteiger partial charge on any atom is 0.263 e. The third-order valence-corrected chi connectivity index (χ3v) is 8.32. The molecule has 4 heterocycles. The standard InChI is InChI=1S/C36H21N3O/c40-36-27-12-2-1-11-26(27)34-35-33(28-13-5-8-16-32(28)39(35)36)29(21-37-34)22-17-19-23(20-18-22)38-30-14-6-3-9-24(30)25-10-4-7-15-31(25)38/h1-21H. The van der Waals surface area contributed by atoms with Gasteiger partial charge in [-0.25, -0.2) is 0 Å². The monoisotopic (exact) mass is 511 g/mol. The Morgan fingerprint density at radius 1 is 0.525 bits per heavy atom. The van der Waals surface area contributed by atoms with Gasteiger partial charge in [-0.15, -0.1) is 0 Å². The van der Waals surface area contributed by atoms with Gasteiger partial charge in [0.05, 0.1) is 27.6 Å². The van der Waals surface area contributed by atoms with Crippen LogP contribution in [0.5, 0.6) is 0 Å². The van der Waals surface area contributed by atoms with E-state index in [-0.39, 0.29) is 5.56 Å². The maximum atomic E-state index is 13.7. The van der Waals surface area contributed by atoms with Crippen molar-refractivity contribution in [2.24, 2.45) is 0 Å². The molecule has 5 aromatic carbocycles. The molecule has 0 atom stereocenters. The molecule has 4 aromatic heterocycles. The molecule has 0 aliphatic carbocycles. The van der Waals surface area contributed by atoms with Crippen LogP contribution in [-0.2, 0) is 0 Å². The van der Waals surface area contributed by atoms with Gasteiger partial charge in [0, 0.05) is 49.8 Å². The highest BCUT2D eigenvalue weighted by molar-refractivity contribution is 6.23. The summed E-state index contributed by atoms with van der Waals surface area (Å²) < 4.78 is 4.18. The van der Waals surface area contributed by atoms with Gasteiger partial charge in [-0.2, -0.15) is 0 Å². The zero-order chi connectivity index (χ0) is 26.4. The molecule has 0 spiro atoms. The number of para-hydroxylation sites is 3. The van der Waals surface area contributed by atoms with Gasteiger partial charge in [-0.3, -0.25) is 14.2 Å². The largest absolute Gasteiger partial charge is 0.309 e. The van der Waals surface area contributed by atoms with E-state index in [0.29, 0.717) is 5.39 Å². The molecular formula is C36H21N3O. The number of nitrogens with zero attached hydrogens (tertiary/aromatic N) is 3. The van der Waals surface area contributed by atoms with Gasteiger partial charge < -0.3 is 4.57 Å². The van der Waals surface area contributed by atoms with E-state index in [4.69, 9.17) is 4.98 Å². The Morgan fingerprint density at radius 3 is 1.75 bits per heavy atom. The van der Waals surface area contributed by atoms with Crippen molar-refractivity contribution >= 4 is 59.9 Å². The zero-order valence-electron chi connectivity index (χ0n) is 21.4. The number of aromatic nitrogens is 3. The van der Waals surface area contributed by atoms with Crippen LogP contribution in [0, 0.1) is 0 Å². The van der Waals surface area contributed by atoms with Crippen molar-refractivity contribution in [2.75, 3.05) is 0 Å². The van der Waals surface area contributed by atoms with Crippen LogP contribution in [-0.4, -0.2) is 14.0 Å². The first-order valence-electron chi connectivity index (χ1n) is 13.4. The normalized spacial score (nSPS) is 12.1. The summed E-state index contributed by atoms with van der Waals surface area (Å²) in [7, 11) is 0. The molecule has 0 N–H and O–H groups in total. The van der Waals surface area contributed by atoms with Crippen LogP contribution in [0.1, 0.15) is 0 Å². The topological polar surface area (TPSA) is 39.3 Å². The number of fused-ring (bicyclic) bond motifs is 8. The first-order valence-corrected chi connectivity index (χ1v) is 13.4. The molecule has 4 heteroatoms. The summed E-state index contributed by atoms with van der Waals surface area (Å²) in [6.07, 6.45) is 1.97. The Kier molecular flexibility index (Phi) is 4.17. The zero-order valence-corrected chi connectivity index (χ0v) is 21.4. The summed E-state index contributed by atoms with van der Waals surface area (Å²) in [5.41, 5.74) is 8.21. The van der Waals surface area contributed by atoms with E-state index in [1.807, 2.05) is 53.1 Å². The van der Waals surface area contributed by atoms with Gasteiger partial charge in [0.25, 0.3) is 5.56 Å². The minimum atomic E-state index is -0.00466. The lowest BCUT2D eigenvalue weighted by atomic mass is 9.99. The van der Waals surface area contributed by atoms with Gasteiger partial charge in [-0.1, -0.05) is 84.9 Å². The average Bonchev–Trinajstić information content (AvgIpc) is 3.54. The molecular weight excluding hydrogens is 490 g/mol. The second-order valence-electron chi connectivity index (χ2n) is 10.4. The summed E-state index contributed by atoms with van der Waals surface area (Å²) in [5, 5.41) is 6.19. The van der Waals surface area contributed by atoms with E-state index in [1.54, 1.807) is 0 Å². The molecule has 40 heavy (non-hydrogen) atoms. The van der Waals surface area contributed by atoms with Crippen molar-refractivity contribution in [2.45, 2.75) is 0 Å². The lowest BCUT2D eigenvalue weighted by Crippen LogP contribution is -2.13. The second-order valence-corrected chi connectivity index (χ2v) is 10.4. The lowest BCUT2D eigenvalue weighted by Gasteiger charge is -2.11. The predicted molar refractivity (Wildman–Crippen MR) is 165 cm³/mol. The number of hydrogen-bond donors (Lipinski definition) is 0. The molecule has 0 aliphatic heterocycles. The Morgan fingerprint density at radius 2 is 1.07 bits per heavy atom. The lowest BCUT2D eigenvalue weighted by molar-refractivity contribution is 1.18. The van der Waals surface area contributed by atoms with E-state index >= 15 is 0 Å². The van der Waals surface area contributed by atoms with Crippen LogP contribution in [0.2, 0.25) is 0 Å². The van der Waals surface area contributed by atoms with Gasteiger partial charge in [0.1, 0.15) is 0 Å². The fraction of sp³-hybridized carbons (Fsp3) is 0. The Bertz CT molecular complexity index is 2450. The first kappa shape index (κ1) is 21.5. The molecule has 0 unspecified atom stereocenters. The number of pyridine rings is 2. The Labute approximate surface area is 228 Å². The van der Waals surface area contributed by atoms with Crippen molar-refractivity contribution in [3.8, 4) is 16.8 Å². The van der Waals surface area contributed by atoms with E-state index in [9.17, 15) is 4.79 Å². The molecule has 9 aromatic rings. The van der Waals surface area contributed by atoms with Crippen molar-refractivity contribution in [1.82, 2.24) is 14.0 Å². The van der Waals surface area contributed by atoms with Crippen molar-refractivity contribution in [3.63, 3.8) is 0 Å². The number of benzene rings is 5. The Balaban J connectivity index is 1.32. The molecule has 0 saturated carbocycles. The van der Waals surface area contributed by atoms with E-state index in [2.05, 4.69) is 83.4 Å². The quantitative estimate of drug-likeness (QED) is 0.219.